The van der Waals surface area contributed by atoms with Gasteiger partial charge in [0.15, 0.2) is 6.29 Å². The van der Waals surface area contributed by atoms with E-state index in [2.05, 4.69) is 4.52 Å². The molecule has 2 saturated heterocycles. The molecule has 0 aromatic rings. The molecule has 2 fully saturated rings. The van der Waals surface area contributed by atoms with Gasteiger partial charge in [-0.15, -0.1) is 0 Å². The molecule has 0 aromatic heterocycles. The van der Waals surface area contributed by atoms with E-state index in [9.17, 15) is 40.1 Å². The molecule has 0 amide bonds. The molecule has 0 saturated carbocycles. The van der Waals surface area contributed by atoms with E-state index >= 15 is 0 Å². The zero-order chi connectivity index (χ0) is 20.6. The van der Waals surface area contributed by atoms with Gasteiger partial charge in [-0.2, -0.15) is 0 Å². The zero-order valence-corrected chi connectivity index (χ0v) is 14.6. The molecule has 2 rings (SSSR count). The molecule has 27 heavy (non-hydrogen) atoms. The fourth-order valence-corrected chi connectivity index (χ4v) is 3.12. The van der Waals surface area contributed by atoms with Crippen molar-refractivity contribution in [2.75, 3.05) is 19.8 Å². The predicted octanol–water partition coefficient (Wildman–Crippen LogP) is -5.91. The molecule has 0 aromatic carbocycles. The number of phosphoric ester groups is 1. The summed E-state index contributed by atoms with van der Waals surface area (Å²) in [5, 5.41) is 68.3. The maximum atomic E-state index is 10.7. The van der Waals surface area contributed by atoms with Gasteiger partial charge in [0, 0.05) is 0 Å². The summed E-state index contributed by atoms with van der Waals surface area (Å²) < 4.78 is 30.1. The second-order valence-electron chi connectivity index (χ2n) is 6.14. The molecular weight excluding hydrogens is 399 g/mol. The van der Waals surface area contributed by atoms with E-state index in [-0.39, 0.29) is 0 Å². The standard InChI is InChI=1S/C12H23O14P/c13-1-4-6(15)8(17)9(18)11(24-4)26-12(3-14)10(19)7(16)5(25-12)2-23-27(20,21)22/h4-11,13-19H,1-3H2,(H2,20,21,22)/p-1/t4?,5-,6-,7?,8?,9?,10?,11+,12+/m1/s1. The van der Waals surface area contributed by atoms with E-state index < -0.39 is 82.4 Å². The van der Waals surface area contributed by atoms with Crippen molar-refractivity contribution in [1.82, 2.24) is 0 Å². The Balaban J connectivity index is 2.15. The molecule has 15 heteroatoms. The average Bonchev–Trinajstić information content (AvgIpc) is 2.85. The smallest absolute Gasteiger partial charge is 0.265 e. The Hall–Kier alpha value is -0.290. The Labute approximate surface area is 152 Å². The normalized spacial score (nSPS) is 47.7. The van der Waals surface area contributed by atoms with Crippen molar-refractivity contribution < 1.29 is 68.8 Å². The van der Waals surface area contributed by atoms with Crippen molar-refractivity contribution in [2.24, 2.45) is 0 Å². The molecule has 2 aliphatic rings. The number of aliphatic hydroxyl groups excluding tert-OH is 7. The van der Waals surface area contributed by atoms with Crippen LogP contribution in [-0.2, 0) is 23.3 Å². The van der Waals surface area contributed by atoms with Crippen molar-refractivity contribution in [3.05, 3.63) is 0 Å². The van der Waals surface area contributed by atoms with Gasteiger partial charge < -0.3 is 64.3 Å². The van der Waals surface area contributed by atoms with Gasteiger partial charge in [-0.1, -0.05) is 0 Å². The summed E-state index contributed by atoms with van der Waals surface area (Å²) in [4.78, 5) is 19.2. The minimum atomic E-state index is -5.17. The first-order chi connectivity index (χ1) is 12.5. The number of hydrogen-bond acceptors (Lipinski definition) is 13. The van der Waals surface area contributed by atoms with Gasteiger partial charge in [0.25, 0.3) is 7.82 Å². The van der Waals surface area contributed by atoms with E-state index in [4.69, 9.17) is 24.2 Å². The molecule has 0 bridgehead atoms. The van der Waals surface area contributed by atoms with Gasteiger partial charge in [-0.3, -0.25) is 4.57 Å². The number of aliphatic hydroxyl groups is 7. The minimum absolute atomic E-state index is 0.769. The van der Waals surface area contributed by atoms with E-state index in [1.807, 2.05) is 0 Å². The van der Waals surface area contributed by atoms with Gasteiger partial charge in [0.2, 0.25) is 5.79 Å². The lowest BCUT2D eigenvalue weighted by molar-refractivity contribution is -0.383. The molecule has 8 N–H and O–H groups in total. The van der Waals surface area contributed by atoms with Crippen LogP contribution in [0, 0.1) is 0 Å². The predicted molar refractivity (Wildman–Crippen MR) is 77.3 cm³/mol. The maximum absolute atomic E-state index is 10.7. The van der Waals surface area contributed by atoms with Crippen LogP contribution in [0.3, 0.4) is 0 Å². The molecular formula is C12H22O14P-. The lowest BCUT2D eigenvalue weighted by Gasteiger charge is -2.43. The third-order valence-corrected chi connectivity index (χ3v) is 4.77. The van der Waals surface area contributed by atoms with Gasteiger partial charge in [-0.25, -0.2) is 0 Å². The van der Waals surface area contributed by atoms with Crippen LogP contribution < -0.4 is 4.89 Å². The fraction of sp³-hybridized carbons (Fsp3) is 1.00. The number of phosphoric acid groups is 1. The van der Waals surface area contributed by atoms with Crippen molar-refractivity contribution in [2.45, 2.75) is 54.8 Å². The first kappa shape index (κ1) is 23.0. The molecule has 2 heterocycles. The van der Waals surface area contributed by atoms with Crippen molar-refractivity contribution in [3.8, 4) is 0 Å². The van der Waals surface area contributed by atoms with Crippen molar-refractivity contribution >= 4 is 7.82 Å². The molecule has 10 atom stereocenters. The second kappa shape index (κ2) is 8.61. The van der Waals surface area contributed by atoms with Gasteiger partial charge in [0.05, 0.1) is 13.2 Å². The number of ether oxygens (including phenoxy) is 3. The fourth-order valence-electron chi connectivity index (χ4n) is 2.79. The third kappa shape index (κ3) is 4.83. The van der Waals surface area contributed by atoms with Gasteiger partial charge >= 0.3 is 0 Å². The lowest BCUT2D eigenvalue weighted by Crippen LogP contribution is -2.62. The monoisotopic (exact) mass is 421 g/mol. The van der Waals surface area contributed by atoms with Crippen LogP contribution in [0.5, 0.6) is 0 Å². The number of rotatable bonds is 7. The minimum Gasteiger partial charge on any atom is -0.756 e. The van der Waals surface area contributed by atoms with Crippen LogP contribution in [0.1, 0.15) is 0 Å². The SMILES string of the molecule is O=P([O-])(O)OC[C@H]1O[C@@](CO)(O[C@@H]2OC(CO)[C@@H](O)C(O)C2O)C(O)C1O. The third-order valence-electron chi connectivity index (χ3n) is 4.29. The van der Waals surface area contributed by atoms with Crippen LogP contribution in [0.2, 0.25) is 0 Å². The summed E-state index contributed by atoms with van der Waals surface area (Å²) in [6, 6.07) is 0. The van der Waals surface area contributed by atoms with E-state index in [1.54, 1.807) is 0 Å². The van der Waals surface area contributed by atoms with Gasteiger partial charge in [0.1, 0.15) is 49.3 Å². The van der Waals surface area contributed by atoms with Crippen molar-refractivity contribution in [1.29, 1.82) is 0 Å². The summed E-state index contributed by atoms with van der Waals surface area (Å²) in [5.74, 6) is -2.44. The first-order valence-corrected chi connectivity index (χ1v) is 9.27. The average molecular weight is 421 g/mol. The molecule has 0 aliphatic carbocycles. The second-order valence-corrected chi connectivity index (χ2v) is 7.34. The highest BCUT2D eigenvalue weighted by Crippen LogP contribution is 2.38. The van der Waals surface area contributed by atoms with Crippen molar-refractivity contribution in [3.63, 3.8) is 0 Å². The molecule has 160 valence electrons. The highest BCUT2D eigenvalue weighted by Gasteiger charge is 2.58. The molecule has 2 aliphatic heterocycles. The van der Waals surface area contributed by atoms with E-state index in [0.29, 0.717) is 0 Å². The van der Waals surface area contributed by atoms with Crippen LogP contribution in [0.15, 0.2) is 0 Å². The molecule has 14 nitrogen and oxygen atoms in total. The zero-order valence-electron chi connectivity index (χ0n) is 13.7. The summed E-state index contributed by atoms with van der Waals surface area (Å²) in [5.41, 5.74) is 0. The van der Waals surface area contributed by atoms with E-state index in [1.165, 1.54) is 0 Å². The van der Waals surface area contributed by atoms with Gasteiger partial charge in [-0.05, 0) is 0 Å². The Morgan fingerprint density at radius 1 is 1.00 bits per heavy atom. The van der Waals surface area contributed by atoms with Crippen LogP contribution in [0.25, 0.3) is 0 Å². The highest BCUT2D eigenvalue weighted by molar-refractivity contribution is 7.44. The largest absolute Gasteiger partial charge is 0.756 e. The first-order valence-electron chi connectivity index (χ1n) is 7.77. The quantitative estimate of drug-likeness (QED) is 0.179. The van der Waals surface area contributed by atoms with E-state index in [0.717, 1.165) is 0 Å². The molecule has 0 spiro atoms. The number of hydrogen-bond donors (Lipinski definition) is 8. The van der Waals surface area contributed by atoms with Crippen LogP contribution in [-0.4, -0.2) is 115 Å². The van der Waals surface area contributed by atoms with Crippen LogP contribution >= 0.6 is 7.82 Å². The maximum Gasteiger partial charge on any atom is 0.265 e. The summed E-state index contributed by atoms with van der Waals surface area (Å²) in [7, 11) is -5.17. The van der Waals surface area contributed by atoms with Crippen LogP contribution in [0.4, 0.5) is 0 Å². The summed E-state index contributed by atoms with van der Waals surface area (Å²) in [6.07, 6.45) is -14.0. The Bertz CT molecular complexity index is 540. The molecule has 6 unspecified atom stereocenters. The Morgan fingerprint density at radius 3 is 2.15 bits per heavy atom. The highest BCUT2D eigenvalue weighted by atomic mass is 31.2. The summed E-state index contributed by atoms with van der Waals surface area (Å²) >= 11 is 0. The Morgan fingerprint density at radius 2 is 1.63 bits per heavy atom. The topological polar surface area (TPSA) is 239 Å². The molecule has 0 radical (unpaired) electrons. The summed E-state index contributed by atoms with van der Waals surface area (Å²) in [6.45, 7) is -2.82. The lowest BCUT2D eigenvalue weighted by atomic mass is 9.99. The Kier molecular flexibility index (Phi) is 7.33.